The fourth-order valence-electron chi connectivity index (χ4n) is 9.95. The van der Waals surface area contributed by atoms with Gasteiger partial charge in [-0.15, -0.1) is 0 Å². The first-order valence-corrected chi connectivity index (χ1v) is 24.6. The molecule has 0 spiro atoms. The minimum Gasteiger partial charge on any atom is -0.419 e. The minimum atomic E-state index is -6.13. The molecule has 0 amide bonds. The Morgan fingerprint density at radius 1 is 0.435 bits per heavy atom. The highest BCUT2D eigenvalue weighted by atomic mass is 19.4. The van der Waals surface area contributed by atoms with Crippen LogP contribution in [0, 0.1) is 0 Å². The molecule has 7 aromatic rings. The summed E-state index contributed by atoms with van der Waals surface area (Å²) in [6.45, 7) is 0.592. The zero-order valence-electron chi connectivity index (χ0n) is 42.5. The van der Waals surface area contributed by atoms with Crippen LogP contribution in [0.3, 0.4) is 0 Å². The normalized spacial score (nSPS) is 14.4. The van der Waals surface area contributed by atoms with Crippen molar-refractivity contribution in [2.24, 2.45) is 0 Å². The molecule has 1 aromatic heterocycles. The monoisotopic (exact) mass is 1240 g/mol. The van der Waals surface area contributed by atoms with Crippen molar-refractivity contribution in [3.05, 3.63) is 207 Å². The minimum absolute atomic E-state index is 0.394. The maximum absolute atomic E-state index is 14.2. The first kappa shape index (κ1) is 64.8. The summed E-state index contributed by atoms with van der Waals surface area (Å²) in [4.78, 5) is 16.8. The Hall–Kier alpha value is -7.75. The third-order valence-electron chi connectivity index (χ3n) is 13.9. The molecule has 1 aliphatic carbocycles. The molecule has 0 bridgehead atoms. The van der Waals surface area contributed by atoms with Gasteiger partial charge in [0, 0.05) is 5.56 Å². The van der Waals surface area contributed by atoms with Gasteiger partial charge in [0.25, 0.3) is 0 Å². The molecule has 0 N–H and O–H groups in total. The second-order valence-corrected chi connectivity index (χ2v) is 19.6. The van der Waals surface area contributed by atoms with E-state index in [4.69, 9.17) is 4.74 Å². The van der Waals surface area contributed by atoms with E-state index in [1.54, 1.807) is 18.6 Å². The van der Waals surface area contributed by atoms with Crippen LogP contribution in [0.5, 0.6) is 5.75 Å². The molecular weight excluding hydrogens is 1200 g/mol. The van der Waals surface area contributed by atoms with Crippen molar-refractivity contribution in [1.82, 2.24) is 4.98 Å². The van der Waals surface area contributed by atoms with Crippen LogP contribution in [-0.2, 0) is 56.0 Å². The van der Waals surface area contributed by atoms with Gasteiger partial charge in [-0.3, -0.25) is 4.98 Å². The number of ether oxygens (including phenoxy) is 1. The second-order valence-electron chi connectivity index (χ2n) is 19.6. The van der Waals surface area contributed by atoms with E-state index in [9.17, 15) is 110 Å². The molecule has 0 radical (unpaired) electrons. The topological polar surface area (TPSA) is 43.1 Å². The molecule has 1 saturated carbocycles. The van der Waals surface area contributed by atoms with E-state index in [0.29, 0.717) is 23.9 Å². The van der Waals surface area contributed by atoms with Gasteiger partial charge in [0.15, 0.2) is 12.7 Å². The summed E-state index contributed by atoms with van der Waals surface area (Å²) < 4.78 is 348. The number of hydrogen-bond acceptors (Lipinski definition) is 3. The lowest BCUT2D eigenvalue weighted by Crippen LogP contribution is -2.75. The van der Waals surface area contributed by atoms with Gasteiger partial charge in [-0.2, -0.15) is 132 Å². The van der Waals surface area contributed by atoms with Gasteiger partial charge in [0.1, 0.15) is 18.1 Å². The first-order valence-electron chi connectivity index (χ1n) is 24.6. The lowest BCUT2D eigenvalue weighted by atomic mass is 9.12. The highest BCUT2D eigenvalue weighted by molar-refractivity contribution is 7.20. The van der Waals surface area contributed by atoms with E-state index < -0.39 is 201 Å². The molecule has 1 fully saturated rings. The predicted molar refractivity (Wildman–Crippen MR) is 257 cm³/mol. The van der Waals surface area contributed by atoms with Gasteiger partial charge in [0.05, 0.1) is 50.7 Å². The number of carbonyl (C=O) groups excluding carboxylic acids is 1. The molecule has 8 rings (SSSR count). The molecule has 0 atom stereocenters. The third kappa shape index (κ3) is 15.4. The van der Waals surface area contributed by atoms with Crippen molar-refractivity contribution in [2.45, 2.75) is 94.0 Å². The van der Waals surface area contributed by atoms with E-state index >= 15 is 0 Å². The Bertz CT molecular complexity index is 3060. The predicted octanol–water partition coefficient (Wildman–Crippen LogP) is 15.9. The standard InChI is InChI=1S/C32H12BF24.C24H25N2O2/c34-25(35,36)13-1-14(26(37,38)39)6-21(5-13)33(22-7-15(27(40,41)42)2-16(8-22)28(43,44)45,23-9-17(29(46,47)48)3-18(10-23)30(49,50)51)24-11-19(31(52,53)54)4-20(12-24)32(55,56)57;27-24(23-17-25-15-16-26(23)18-19-7-3-1-4-8-19)28-22-13-11-21(12-14-22)20-9-5-2-6-10-20/h1-12H;1,3-4,7-8,11-17,20H,2,5-6,9-10,18H2/q-1;+1. The van der Waals surface area contributed by atoms with Crippen LogP contribution < -0.4 is 31.2 Å². The fourth-order valence-corrected chi connectivity index (χ4v) is 9.95. The van der Waals surface area contributed by atoms with Gasteiger partial charge in [0.2, 0.25) is 0 Å². The average Bonchev–Trinajstić information content (AvgIpc) is 1.23. The number of benzene rings is 6. The van der Waals surface area contributed by atoms with Gasteiger partial charge >= 0.3 is 61.1 Å². The molecule has 1 aliphatic rings. The third-order valence-corrected chi connectivity index (χ3v) is 13.9. The summed E-state index contributed by atoms with van der Waals surface area (Å²) in [5.41, 5.74) is -27.3. The summed E-state index contributed by atoms with van der Waals surface area (Å²) in [5, 5.41) is 0. The Kier molecular flexibility index (Phi) is 18.0. The number of nitrogens with zero attached hydrogens (tertiary/aromatic N) is 2. The summed E-state index contributed by atoms with van der Waals surface area (Å²) in [5.74, 6) is 0.818. The highest BCUT2D eigenvalue weighted by Crippen LogP contribution is 2.42. The molecule has 29 heteroatoms. The number of halogens is 24. The van der Waals surface area contributed by atoms with Crippen LogP contribution in [0.25, 0.3) is 0 Å². The number of hydrogen-bond donors (Lipinski definition) is 0. The van der Waals surface area contributed by atoms with Crippen molar-refractivity contribution in [1.29, 1.82) is 0 Å². The Balaban J connectivity index is 0.000000306. The molecule has 0 saturated heterocycles. The zero-order valence-corrected chi connectivity index (χ0v) is 42.5. The largest absolute Gasteiger partial charge is 0.419 e. The Labute approximate surface area is 464 Å². The van der Waals surface area contributed by atoms with Gasteiger partial charge in [-0.25, -0.2) is 4.79 Å². The smallest absolute Gasteiger partial charge is 0.416 e. The van der Waals surface area contributed by atoms with Crippen molar-refractivity contribution in [3.63, 3.8) is 0 Å². The summed E-state index contributed by atoms with van der Waals surface area (Å²) in [6.07, 6.45) is -43.3. The number of alkyl halides is 24. The van der Waals surface area contributed by atoms with Crippen LogP contribution in [0.4, 0.5) is 105 Å². The molecule has 454 valence electrons. The van der Waals surface area contributed by atoms with Crippen LogP contribution in [0.2, 0.25) is 0 Å². The number of carbonyl (C=O) groups is 1. The van der Waals surface area contributed by atoms with Crippen LogP contribution in [-0.4, -0.2) is 17.1 Å². The molecule has 6 aromatic carbocycles. The fraction of sp³-hybridized carbons (Fsp3) is 0.268. The van der Waals surface area contributed by atoms with Gasteiger partial charge in [-0.05, 0) is 60.7 Å². The van der Waals surface area contributed by atoms with E-state index in [1.165, 1.54) is 37.7 Å². The lowest BCUT2D eigenvalue weighted by Gasteiger charge is -2.46. The van der Waals surface area contributed by atoms with Crippen molar-refractivity contribution >= 4 is 34.0 Å². The molecule has 1 heterocycles. The van der Waals surface area contributed by atoms with E-state index in [1.807, 2.05) is 47.0 Å². The van der Waals surface area contributed by atoms with Crippen LogP contribution in [0.1, 0.15) is 104 Å². The SMILES string of the molecule is FC(F)(F)c1cc([B-](c2cc(C(F)(F)F)cc(C(F)(F)F)c2)(c2cc(C(F)(F)F)cc(C(F)(F)F)c2)c2cc(C(F)(F)F)cc(C(F)(F)F)c2)cc(C(F)(F)F)c1.O=C(Oc1ccc(C2CCCCC2)cc1)c1cncc[n+]1Cc1ccccc1. The van der Waals surface area contributed by atoms with Crippen molar-refractivity contribution < 1.29 is 119 Å². The number of esters is 1. The lowest BCUT2D eigenvalue weighted by molar-refractivity contribution is -0.691. The molecular formula is C56H37BF24N2O2. The number of aromatic nitrogens is 2. The van der Waals surface area contributed by atoms with E-state index in [2.05, 4.69) is 17.1 Å². The van der Waals surface area contributed by atoms with Gasteiger partial charge < -0.3 is 4.74 Å². The van der Waals surface area contributed by atoms with Crippen LogP contribution in [0.15, 0.2) is 146 Å². The van der Waals surface area contributed by atoms with E-state index in [-0.39, 0.29) is 0 Å². The zero-order chi connectivity index (χ0) is 63.1. The van der Waals surface area contributed by atoms with Crippen molar-refractivity contribution in [2.75, 3.05) is 0 Å². The maximum Gasteiger partial charge on any atom is 0.416 e. The quantitative estimate of drug-likeness (QED) is 0.0476. The average molecular weight is 1240 g/mol. The van der Waals surface area contributed by atoms with Gasteiger partial charge in [-0.1, -0.05) is 110 Å². The molecule has 85 heavy (non-hydrogen) atoms. The highest BCUT2D eigenvalue weighted by Gasteiger charge is 2.47. The van der Waals surface area contributed by atoms with Crippen molar-refractivity contribution in [3.8, 4) is 5.75 Å². The Morgan fingerprint density at radius 2 is 0.753 bits per heavy atom. The summed E-state index contributed by atoms with van der Waals surface area (Å²) in [7, 11) is 0. The summed E-state index contributed by atoms with van der Waals surface area (Å²) in [6, 6.07) is 9.21. The number of rotatable bonds is 9. The summed E-state index contributed by atoms with van der Waals surface area (Å²) >= 11 is 0. The molecule has 4 nitrogen and oxygen atoms in total. The van der Waals surface area contributed by atoms with Crippen LogP contribution >= 0.6 is 0 Å². The van der Waals surface area contributed by atoms with E-state index in [0.717, 1.165) is 5.56 Å². The molecule has 0 aliphatic heterocycles. The maximum atomic E-state index is 14.2. The molecule has 0 unspecified atom stereocenters. The Morgan fingerprint density at radius 3 is 1.06 bits per heavy atom. The second kappa shape index (κ2) is 23.6. The first-order chi connectivity index (χ1) is 39.1.